The molecule has 5 nitrogen and oxygen atoms in total. The number of nitrogens with zero attached hydrogens (tertiary/aromatic N) is 2. The average Bonchev–Trinajstić information content (AvgIpc) is 2.75. The number of hydrogen-bond acceptors (Lipinski definition) is 4. The monoisotopic (exact) mass is 241 g/mol. The molecule has 2 heterocycles. The molecule has 0 atom stereocenters. The van der Waals surface area contributed by atoms with Crippen molar-refractivity contribution < 1.29 is 4.42 Å². The zero-order chi connectivity index (χ0) is 10.7. The highest BCUT2D eigenvalue weighted by Crippen LogP contribution is 2.14. The van der Waals surface area contributed by atoms with Crippen LogP contribution in [-0.4, -0.2) is 16.3 Å². The Morgan fingerprint density at radius 3 is 2.81 bits per heavy atom. The highest BCUT2D eigenvalue weighted by molar-refractivity contribution is 5.85. The van der Waals surface area contributed by atoms with Gasteiger partial charge in [-0.3, -0.25) is 4.79 Å². The lowest BCUT2D eigenvalue weighted by Gasteiger charge is -2.03. The zero-order valence-corrected chi connectivity index (χ0v) is 9.31. The third-order valence-corrected chi connectivity index (χ3v) is 1.98. The Morgan fingerprint density at radius 2 is 2.19 bits per heavy atom. The van der Waals surface area contributed by atoms with E-state index >= 15 is 0 Å². The van der Waals surface area contributed by atoms with Crippen LogP contribution in [0, 0.1) is 0 Å². The molecule has 0 aliphatic heterocycles. The molecule has 0 unspecified atom stereocenters. The Bertz CT molecular complexity index is 493. The second-order valence-corrected chi connectivity index (χ2v) is 3.05. The number of aromatic nitrogens is 2. The lowest BCUT2D eigenvalue weighted by molar-refractivity contribution is 0.558. The molecule has 0 aliphatic carbocycles. The topological polar surface area (TPSA) is 74.1 Å². The van der Waals surface area contributed by atoms with Crippen LogP contribution in [-0.2, 0) is 6.54 Å². The summed E-state index contributed by atoms with van der Waals surface area (Å²) in [5.41, 5.74) is 5.85. The van der Waals surface area contributed by atoms with Gasteiger partial charge in [0.1, 0.15) is 5.69 Å². The predicted molar refractivity (Wildman–Crippen MR) is 62.5 cm³/mol. The predicted octanol–water partition coefficient (Wildman–Crippen LogP) is 0.884. The van der Waals surface area contributed by atoms with E-state index in [0.29, 0.717) is 24.5 Å². The van der Waals surface area contributed by atoms with Crippen molar-refractivity contribution in [3.8, 4) is 11.5 Å². The second kappa shape index (κ2) is 5.48. The molecule has 2 aromatic rings. The van der Waals surface area contributed by atoms with Crippen molar-refractivity contribution in [2.24, 2.45) is 5.73 Å². The Balaban J connectivity index is 0.00000128. The fourth-order valence-corrected chi connectivity index (χ4v) is 1.29. The summed E-state index contributed by atoms with van der Waals surface area (Å²) in [4.78, 5) is 11.3. The fraction of sp³-hybridized carbons (Fsp3) is 0.200. The summed E-state index contributed by atoms with van der Waals surface area (Å²) >= 11 is 0. The summed E-state index contributed by atoms with van der Waals surface area (Å²) in [6.45, 7) is 0.794. The van der Waals surface area contributed by atoms with Crippen molar-refractivity contribution in [3.05, 3.63) is 40.9 Å². The minimum atomic E-state index is -0.157. The maximum absolute atomic E-state index is 11.3. The maximum atomic E-state index is 11.3. The summed E-state index contributed by atoms with van der Waals surface area (Å²) < 4.78 is 6.51. The van der Waals surface area contributed by atoms with Crippen molar-refractivity contribution >= 4 is 12.4 Å². The minimum Gasteiger partial charge on any atom is -0.463 e. The van der Waals surface area contributed by atoms with Crippen LogP contribution in [0.25, 0.3) is 11.5 Å². The summed E-state index contributed by atoms with van der Waals surface area (Å²) in [6, 6.07) is 6.66. The van der Waals surface area contributed by atoms with Gasteiger partial charge in [-0.1, -0.05) is 0 Å². The van der Waals surface area contributed by atoms with Crippen LogP contribution in [0.2, 0.25) is 0 Å². The van der Waals surface area contributed by atoms with Gasteiger partial charge >= 0.3 is 0 Å². The van der Waals surface area contributed by atoms with E-state index in [2.05, 4.69) is 5.10 Å². The molecule has 86 valence electrons. The lowest BCUT2D eigenvalue weighted by atomic mass is 10.3. The molecule has 0 fully saturated rings. The quantitative estimate of drug-likeness (QED) is 0.866. The van der Waals surface area contributed by atoms with Crippen molar-refractivity contribution in [1.82, 2.24) is 9.78 Å². The molecule has 0 bridgehead atoms. The first-order chi connectivity index (χ1) is 7.31. The van der Waals surface area contributed by atoms with Crippen LogP contribution < -0.4 is 11.3 Å². The molecule has 0 aliphatic rings. The van der Waals surface area contributed by atoms with Crippen molar-refractivity contribution in [2.75, 3.05) is 6.54 Å². The molecule has 2 rings (SSSR count). The number of furan rings is 1. The highest BCUT2D eigenvalue weighted by atomic mass is 35.5. The van der Waals surface area contributed by atoms with Gasteiger partial charge in [0.2, 0.25) is 0 Å². The molecule has 0 saturated carbocycles. The Kier molecular flexibility index (Phi) is 4.28. The molecule has 2 N–H and O–H groups in total. The van der Waals surface area contributed by atoms with E-state index < -0.39 is 0 Å². The molecule has 0 radical (unpaired) electrons. The Morgan fingerprint density at radius 1 is 1.38 bits per heavy atom. The lowest BCUT2D eigenvalue weighted by Crippen LogP contribution is -2.25. The summed E-state index contributed by atoms with van der Waals surface area (Å²) in [7, 11) is 0. The fourth-order valence-electron chi connectivity index (χ4n) is 1.29. The molecule has 0 spiro atoms. The number of rotatable bonds is 3. The van der Waals surface area contributed by atoms with Gasteiger partial charge in [-0.05, 0) is 18.2 Å². The zero-order valence-electron chi connectivity index (χ0n) is 8.50. The van der Waals surface area contributed by atoms with E-state index in [1.54, 1.807) is 24.5 Å². The van der Waals surface area contributed by atoms with Crippen LogP contribution in [0.1, 0.15) is 0 Å². The summed E-state index contributed by atoms with van der Waals surface area (Å²) in [5, 5.41) is 4.13. The van der Waals surface area contributed by atoms with E-state index in [1.807, 2.05) is 0 Å². The van der Waals surface area contributed by atoms with Crippen LogP contribution in [0.15, 0.2) is 39.7 Å². The van der Waals surface area contributed by atoms with Crippen LogP contribution in [0.4, 0.5) is 0 Å². The molecule has 6 heteroatoms. The van der Waals surface area contributed by atoms with Crippen LogP contribution >= 0.6 is 12.4 Å². The number of hydrogen-bond donors (Lipinski definition) is 1. The van der Waals surface area contributed by atoms with E-state index in [0.717, 1.165) is 0 Å². The van der Waals surface area contributed by atoms with Gasteiger partial charge in [0.05, 0.1) is 12.8 Å². The van der Waals surface area contributed by atoms with Crippen molar-refractivity contribution in [2.45, 2.75) is 6.54 Å². The van der Waals surface area contributed by atoms with Gasteiger partial charge in [-0.2, -0.15) is 5.10 Å². The van der Waals surface area contributed by atoms with Gasteiger partial charge in [0.15, 0.2) is 5.76 Å². The molecule has 0 amide bonds. The van der Waals surface area contributed by atoms with Gasteiger partial charge in [-0.15, -0.1) is 12.4 Å². The first-order valence-corrected chi connectivity index (χ1v) is 4.63. The first kappa shape index (κ1) is 12.5. The number of halogens is 1. The first-order valence-electron chi connectivity index (χ1n) is 4.63. The van der Waals surface area contributed by atoms with Gasteiger partial charge in [0.25, 0.3) is 5.56 Å². The van der Waals surface area contributed by atoms with Gasteiger partial charge < -0.3 is 10.2 Å². The molecule has 0 aromatic carbocycles. The largest absolute Gasteiger partial charge is 0.463 e. The Hall–Kier alpha value is -1.59. The third kappa shape index (κ3) is 2.50. The molecular weight excluding hydrogens is 230 g/mol. The van der Waals surface area contributed by atoms with Crippen LogP contribution in [0.3, 0.4) is 0 Å². The molecular formula is C10H12ClN3O2. The van der Waals surface area contributed by atoms with Gasteiger partial charge in [-0.25, -0.2) is 4.68 Å². The van der Waals surface area contributed by atoms with Crippen molar-refractivity contribution in [3.63, 3.8) is 0 Å². The van der Waals surface area contributed by atoms with E-state index in [9.17, 15) is 4.79 Å². The van der Waals surface area contributed by atoms with Crippen molar-refractivity contribution in [1.29, 1.82) is 0 Å². The van der Waals surface area contributed by atoms with E-state index in [4.69, 9.17) is 10.2 Å². The normalized spacial score (nSPS) is 9.81. The molecule has 16 heavy (non-hydrogen) atoms. The average molecular weight is 242 g/mol. The molecule has 2 aromatic heterocycles. The smallest absolute Gasteiger partial charge is 0.266 e. The summed E-state index contributed by atoms with van der Waals surface area (Å²) in [5.74, 6) is 0.640. The van der Waals surface area contributed by atoms with Gasteiger partial charge in [0, 0.05) is 12.6 Å². The minimum absolute atomic E-state index is 0. The van der Waals surface area contributed by atoms with Crippen LogP contribution in [0.5, 0.6) is 0 Å². The second-order valence-electron chi connectivity index (χ2n) is 3.05. The third-order valence-electron chi connectivity index (χ3n) is 1.98. The standard InChI is InChI=1S/C10H11N3O2.ClH/c11-5-6-13-10(14)4-3-8(12-13)9-2-1-7-15-9;/h1-4,7H,5-6,11H2;1H. The SMILES string of the molecule is Cl.NCCn1nc(-c2ccco2)ccc1=O. The Labute approximate surface area is 98.3 Å². The molecule has 0 saturated heterocycles. The van der Waals surface area contributed by atoms with E-state index in [1.165, 1.54) is 10.7 Å². The van der Waals surface area contributed by atoms with E-state index in [-0.39, 0.29) is 18.0 Å². The highest BCUT2D eigenvalue weighted by Gasteiger charge is 2.04. The maximum Gasteiger partial charge on any atom is 0.266 e. The number of nitrogens with two attached hydrogens (primary N) is 1. The summed E-state index contributed by atoms with van der Waals surface area (Å²) in [6.07, 6.45) is 1.56.